The van der Waals surface area contributed by atoms with Crippen molar-refractivity contribution in [2.45, 2.75) is 65.3 Å². The number of alkyl halides is 3. The van der Waals surface area contributed by atoms with Gasteiger partial charge in [0, 0.05) is 13.1 Å². The van der Waals surface area contributed by atoms with Gasteiger partial charge in [0.15, 0.2) is 0 Å². The Kier molecular flexibility index (Phi) is 7.23. The molecule has 0 radical (unpaired) electrons. The van der Waals surface area contributed by atoms with Gasteiger partial charge in [-0.2, -0.15) is 13.2 Å². The molecule has 1 saturated heterocycles. The standard InChI is InChI=1S/C23H30F3N5O3/c1-14-8-9-17(31-13-28-20(29-31)23(24,25)26)16(11-14)19(32)30-10-6-7-15(2)18(30)12-27-21(33)34-22(3,4)5/h8-9,11,13,15,18H,6-7,10,12H2,1-5H3,(H,27,33). The smallest absolute Gasteiger partial charge is 0.444 e. The van der Waals surface area contributed by atoms with Crippen molar-refractivity contribution in [3.8, 4) is 5.69 Å². The second kappa shape index (κ2) is 9.63. The third-order valence-corrected chi connectivity index (χ3v) is 5.61. The summed E-state index contributed by atoms with van der Waals surface area (Å²) in [5.41, 5.74) is 0.545. The number of aromatic nitrogens is 3. The Balaban J connectivity index is 1.88. The Morgan fingerprint density at radius 2 is 1.94 bits per heavy atom. The highest BCUT2D eigenvalue weighted by atomic mass is 19.4. The van der Waals surface area contributed by atoms with Gasteiger partial charge in [-0.05, 0) is 58.6 Å². The van der Waals surface area contributed by atoms with Crippen LogP contribution in [0.2, 0.25) is 0 Å². The number of amides is 2. The molecule has 2 atom stereocenters. The van der Waals surface area contributed by atoms with Crippen LogP contribution in [0, 0.1) is 12.8 Å². The Morgan fingerprint density at radius 1 is 1.24 bits per heavy atom. The molecule has 0 spiro atoms. The van der Waals surface area contributed by atoms with E-state index in [1.54, 1.807) is 50.8 Å². The summed E-state index contributed by atoms with van der Waals surface area (Å²) in [5, 5.41) is 6.28. The highest BCUT2D eigenvalue weighted by molar-refractivity contribution is 5.98. The van der Waals surface area contributed by atoms with Crippen molar-refractivity contribution in [3.05, 3.63) is 41.5 Å². The third-order valence-electron chi connectivity index (χ3n) is 5.61. The van der Waals surface area contributed by atoms with E-state index in [0.717, 1.165) is 29.4 Å². The van der Waals surface area contributed by atoms with Crippen LogP contribution in [0.4, 0.5) is 18.0 Å². The zero-order valence-electron chi connectivity index (χ0n) is 19.9. The Morgan fingerprint density at radius 3 is 2.56 bits per heavy atom. The normalized spacial score (nSPS) is 19.1. The van der Waals surface area contributed by atoms with Crippen molar-refractivity contribution >= 4 is 12.0 Å². The van der Waals surface area contributed by atoms with Crippen molar-refractivity contribution < 1.29 is 27.5 Å². The number of piperidine rings is 1. The lowest BCUT2D eigenvalue weighted by Crippen LogP contribution is -2.53. The lowest BCUT2D eigenvalue weighted by atomic mass is 9.90. The predicted octanol–water partition coefficient (Wildman–Crippen LogP) is 4.36. The molecule has 0 bridgehead atoms. The summed E-state index contributed by atoms with van der Waals surface area (Å²) in [6.07, 6.45) is -2.66. The molecule has 1 fully saturated rings. The van der Waals surface area contributed by atoms with Gasteiger partial charge >= 0.3 is 12.3 Å². The molecule has 2 aromatic rings. The molecular weight excluding hydrogens is 451 g/mol. The summed E-state index contributed by atoms with van der Waals surface area (Å²) >= 11 is 0. The Hall–Kier alpha value is -3.11. The molecule has 186 valence electrons. The van der Waals surface area contributed by atoms with Crippen molar-refractivity contribution in [1.29, 1.82) is 0 Å². The molecule has 8 nitrogen and oxygen atoms in total. The van der Waals surface area contributed by atoms with E-state index in [1.807, 2.05) is 6.92 Å². The molecular formula is C23H30F3N5O3. The van der Waals surface area contributed by atoms with E-state index in [0.29, 0.717) is 6.54 Å². The van der Waals surface area contributed by atoms with Gasteiger partial charge in [-0.25, -0.2) is 14.5 Å². The van der Waals surface area contributed by atoms with Gasteiger partial charge < -0.3 is 15.0 Å². The number of nitrogens with zero attached hydrogens (tertiary/aromatic N) is 4. The molecule has 0 saturated carbocycles. The topological polar surface area (TPSA) is 89.4 Å². The third kappa shape index (κ3) is 6.06. The number of halogens is 3. The van der Waals surface area contributed by atoms with Crippen molar-refractivity contribution in [2.75, 3.05) is 13.1 Å². The minimum atomic E-state index is -4.69. The molecule has 11 heteroatoms. The highest BCUT2D eigenvalue weighted by Gasteiger charge is 2.37. The van der Waals surface area contributed by atoms with E-state index >= 15 is 0 Å². The molecule has 3 rings (SSSR count). The maximum Gasteiger partial charge on any atom is 0.453 e. The SMILES string of the molecule is Cc1ccc(-n2cnc(C(F)(F)F)n2)c(C(=O)N2CCCC(C)C2CNC(=O)OC(C)(C)C)c1. The van der Waals surface area contributed by atoms with Gasteiger partial charge in [0.2, 0.25) is 0 Å². The molecule has 1 aliphatic rings. The average molecular weight is 482 g/mol. The maximum absolute atomic E-state index is 13.7. The summed E-state index contributed by atoms with van der Waals surface area (Å²) in [4.78, 5) is 30.9. The zero-order valence-corrected chi connectivity index (χ0v) is 19.9. The first-order valence-electron chi connectivity index (χ1n) is 11.1. The van der Waals surface area contributed by atoms with Gasteiger partial charge in [-0.3, -0.25) is 4.79 Å². The first-order chi connectivity index (χ1) is 15.8. The number of rotatable bonds is 4. The summed E-state index contributed by atoms with van der Waals surface area (Å²) in [7, 11) is 0. The van der Waals surface area contributed by atoms with Gasteiger partial charge in [0.1, 0.15) is 11.9 Å². The van der Waals surface area contributed by atoms with Gasteiger partial charge in [-0.15, -0.1) is 5.10 Å². The Bertz CT molecular complexity index is 1050. The van der Waals surface area contributed by atoms with Gasteiger partial charge in [0.05, 0.1) is 17.3 Å². The molecule has 2 unspecified atom stereocenters. The number of hydrogen-bond acceptors (Lipinski definition) is 5. The fourth-order valence-corrected chi connectivity index (χ4v) is 4.00. The van der Waals surface area contributed by atoms with Crippen molar-refractivity contribution in [1.82, 2.24) is 25.0 Å². The number of ether oxygens (including phenoxy) is 1. The number of benzene rings is 1. The van der Waals surface area contributed by atoms with Crippen LogP contribution in [-0.4, -0.2) is 56.4 Å². The molecule has 2 heterocycles. The van der Waals surface area contributed by atoms with E-state index in [4.69, 9.17) is 4.74 Å². The summed E-state index contributed by atoms with van der Waals surface area (Å²) in [5.74, 6) is -1.52. The number of alkyl carbamates (subject to hydrolysis) is 1. The quantitative estimate of drug-likeness (QED) is 0.701. The van der Waals surface area contributed by atoms with E-state index < -0.39 is 23.7 Å². The zero-order chi connectivity index (χ0) is 25.3. The second-order valence-electron chi connectivity index (χ2n) is 9.60. The fourth-order valence-electron chi connectivity index (χ4n) is 4.00. The van der Waals surface area contributed by atoms with E-state index in [1.165, 1.54) is 0 Å². The molecule has 1 N–H and O–H groups in total. The minimum Gasteiger partial charge on any atom is -0.444 e. The highest BCUT2D eigenvalue weighted by Crippen LogP contribution is 2.29. The first-order valence-corrected chi connectivity index (χ1v) is 11.1. The molecule has 1 aromatic carbocycles. The van der Waals surface area contributed by atoms with E-state index in [-0.39, 0.29) is 35.7 Å². The molecule has 34 heavy (non-hydrogen) atoms. The summed E-state index contributed by atoms with van der Waals surface area (Å²) in [6.45, 7) is 9.75. The monoisotopic (exact) mass is 481 g/mol. The number of hydrogen-bond donors (Lipinski definition) is 1. The number of nitrogens with one attached hydrogen (secondary N) is 1. The lowest BCUT2D eigenvalue weighted by Gasteiger charge is -2.40. The maximum atomic E-state index is 13.7. The summed E-state index contributed by atoms with van der Waals surface area (Å²) in [6, 6.07) is 4.58. The molecule has 1 aromatic heterocycles. The molecule has 0 aliphatic carbocycles. The van der Waals surface area contributed by atoms with Crippen molar-refractivity contribution in [2.24, 2.45) is 5.92 Å². The Labute approximate surface area is 196 Å². The van der Waals surface area contributed by atoms with Gasteiger partial charge in [0.25, 0.3) is 11.7 Å². The number of carbonyl (C=O) groups excluding carboxylic acids is 2. The van der Waals surface area contributed by atoms with Crippen LogP contribution < -0.4 is 5.32 Å². The van der Waals surface area contributed by atoms with E-state index in [9.17, 15) is 22.8 Å². The van der Waals surface area contributed by atoms with Crippen LogP contribution >= 0.6 is 0 Å². The molecule has 2 amide bonds. The number of aryl methyl sites for hydroxylation is 1. The molecule has 1 aliphatic heterocycles. The number of likely N-dealkylation sites (tertiary alicyclic amines) is 1. The van der Waals surface area contributed by atoms with Crippen LogP contribution in [0.3, 0.4) is 0 Å². The van der Waals surface area contributed by atoms with Crippen molar-refractivity contribution in [3.63, 3.8) is 0 Å². The van der Waals surface area contributed by atoms with Crippen LogP contribution in [0.15, 0.2) is 24.5 Å². The largest absolute Gasteiger partial charge is 0.453 e. The first kappa shape index (κ1) is 25.5. The summed E-state index contributed by atoms with van der Waals surface area (Å²) < 4.78 is 45.3. The minimum absolute atomic E-state index is 0.101. The van der Waals surface area contributed by atoms with Crippen LogP contribution in [0.5, 0.6) is 0 Å². The van der Waals surface area contributed by atoms with E-state index in [2.05, 4.69) is 15.4 Å². The van der Waals surface area contributed by atoms with Crippen LogP contribution in [0.1, 0.15) is 62.3 Å². The fraction of sp³-hybridized carbons (Fsp3) is 0.565. The predicted molar refractivity (Wildman–Crippen MR) is 119 cm³/mol. The lowest BCUT2D eigenvalue weighted by molar-refractivity contribution is -0.144. The van der Waals surface area contributed by atoms with Crippen LogP contribution in [-0.2, 0) is 10.9 Å². The average Bonchev–Trinajstić information content (AvgIpc) is 3.21. The number of carbonyl (C=O) groups is 2. The van der Waals surface area contributed by atoms with Gasteiger partial charge in [-0.1, -0.05) is 18.6 Å². The van der Waals surface area contributed by atoms with Crippen LogP contribution in [0.25, 0.3) is 5.69 Å². The second-order valence-corrected chi connectivity index (χ2v) is 9.60.